The molecule has 0 bridgehead atoms. The standard InChI is InChI=1S/C16H28N2O2/c1-6-12-14(19)17-9-7-8-13(17)15(20)18(12)10-16(4,5)11(2)3/h11-13H,6-10H2,1-5H3. The first-order valence-corrected chi connectivity index (χ1v) is 7.90. The van der Waals surface area contributed by atoms with Gasteiger partial charge in [-0.3, -0.25) is 9.59 Å². The molecule has 2 fully saturated rings. The number of piperazine rings is 1. The molecule has 0 N–H and O–H groups in total. The summed E-state index contributed by atoms with van der Waals surface area (Å²) in [5.41, 5.74) is 0.0319. The van der Waals surface area contributed by atoms with Gasteiger partial charge >= 0.3 is 0 Å². The first-order valence-electron chi connectivity index (χ1n) is 7.90. The highest BCUT2D eigenvalue weighted by Gasteiger charge is 2.48. The molecule has 0 aromatic carbocycles. The summed E-state index contributed by atoms with van der Waals surface area (Å²) in [5, 5.41) is 0. The zero-order valence-electron chi connectivity index (χ0n) is 13.5. The average molecular weight is 280 g/mol. The van der Waals surface area contributed by atoms with Gasteiger partial charge in [0.1, 0.15) is 12.1 Å². The van der Waals surface area contributed by atoms with Crippen molar-refractivity contribution in [2.24, 2.45) is 11.3 Å². The van der Waals surface area contributed by atoms with Crippen molar-refractivity contribution in [3.8, 4) is 0 Å². The Morgan fingerprint density at radius 3 is 2.45 bits per heavy atom. The average Bonchev–Trinajstić information content (AvgIpc) is 2.85. The molecular weight excluding hydrogens is 252 g/mol. The molecule has 0 saturated carbocycles. The van der Waals surface area contributed by atoms with Crippen LogP contribution < -0.4 is 0 Å². The van der Waals surface area contributed by atoms with E-state index in [9.17, 15) is 9.59 Å². The fourth-order valence-electron chi connectivity index (χ4n) is 3.16. The fourth-order valence-corrected chi connectivity index (χ4v) is 3.16. The Labute approximate surface area is 122 Å². The molecule has 114 valence electrons. The van der Waals surface area contributed by atoms with Crippen LogP contribution in [0.2, 0.25) is 0 Å². The van der Waals surface area contributed by atoms with Gasteiger partial charge in [0.25, 0.3) is 0 Å². The first kappa shape index (κ1) is 15.3. The fraction of sp³-hybridized carbons (Fsp3) is 0.875. The molecule has 0 aromatic rings. The van der Waals surface area contributed by atoms with Crippen LogP contribution in [0.5, 0.6) is 0 Å². The Morgan fingerprint density at radius 1 is 1.25 bits per heavy atom. The van der Waals surface area contributed by atoms with Gasteiger partial charge in [0.2, 0.25) is 11.8 Å². The van der Waals surface area contributed by atoms with Crippen molar-refractivity contribution in [1.29, 1.82) is 0 Å². The van der Waals surface area contributed by atoms with Gasteiger partial charge in [-0.2, -0.15) is 0 Å². The molecule has 2 atom stereocenters. The Kier molecular flexibility index (Phi) is 4.12. The third-order valence-corrected chi connectivity index (χ3v) is 5.29. The molecule has 0 aliphatic carbocycles. The highest BCUT2D eigenvalue weighted by Crippen LogP contribution is 2.33. The number of hydrogen-bond acceptors (Lipinski definition) is 2. The minimum absolute atomic E-state index is 0.0319. The van der Waals surface area contributed by atoms with Gasteiger partial charge in [0.15, 0.2) is 0 Å². The van der Waals surface area contributed by atoms with Crippen molar-refractivity contribution in [3.05, 3.63) is 0 Å². The topological polar surface area (TPSA) is 40.6 Å². The molecule has 2 amide bonds. The number of carbonyl (C=O) groups is 2. The molecule has 2 aliphatic rings. The third kappa shape index (κ3) is 2.45. The SMILES string of the molecule is CCC1C(=O)N2CCCC2C(=O)N1CC(C)(C)C(C)C. The molecule has 2 unspecified atom stereocenters. The summed E-state index contributed by atoms with van der Waals surface area (Å²) in [6.45, 7) is 12.2. The zero-order chi connectivity index (χ0) is 15.1. The number of amides is 2. The Bertz CT molecular complexity index is 403. The van der Waals surface area contributed by atoms with Crippen molar-refractivity contribution in [2.75, 3.05) is 13.1 Å². The highest BCUT2D eigenvalue weighted by molar-refractivity contribution is 5.97. The summed E-state index contributed by atoms with van der Waals surface area (Å²) < 4.78 is 0. The van der Waals surface area contributed by atoms with Gasteiger partial charge in [-0.15, -0.1) is 0 Å². The molecule has 0 spiro atoms. The summed E-state index contributed by atoms with van der Waals surface area (Å²) in [4.78, 5) is 29.0. The molecule has 0 radical (unpaired) electrons. The molecule has 4 nitrogen and oxygen atoms in total. The molecule has 4 heteroatoms. The number of nitrogens with zero attached hydrogens (tertiary/aromatic N) is 2. The van der Waals surface area contributed by atoms with Crippen LogP contribution in [0.1, 0.15) is 53.9 Å². The molecule has 0 aromatic heterocycles. The Balaban J connectivity index is 2.25. The second-order valence-electron chi connectivity index (χ2n) is 7.22. The van der Waals surface area contributed by atoms with Crippen LogP contribution in [0, 0.1) is 11.3 Å². The second kappa shape index (κ2) is 5.38. The van der Waals surface area contributed by atoms with Crippen LogP contribution in [-0.4, -0.2) is 46.8 Å². The van der Waals surface area contributed by atoms with E-state index in [4.69, 9.17) is 0 Å². The summed E-state index contributed by atoms with van der Waals surface area (Å²) in [6, 6.07) is -0.442. The van der Waals surface area contributed by atoms with Gasteiger partial charge in [0, 0.05) is 13.1 Å². The molecule has 20 heavy (non-hydrogen) atoms. The maximum Gasteiger partial charge on any atom is 0.246 e. The molecule has 2 rings (SSSR count). The van der Waals surface area contributed by atoms with Crippen LogP contribution >= 0.6 is 0 Å². The van der Waals surface area contributed by atoms with Crippen LogP contribution in [0.4, 0.5) is 0 Å². The lowest BCUT2D eigenvalue weighted by Gasteiger charge is -2.46. The van der Waals surface area contributed by atoms with E-state index in [1.165, 1.54) is 0 Å². The van der Waals surface area contributed by atoms with Crippen LogP contribution in [0.15, 0.2) is 0 Å². The van der Waals surface area contributed by atoms with Gasteiger partial charge in [0.05, 0.1) is 0 Å². The normalized spacial score (nSPS) is 27.5. The summed E-state index contributed by atoms with van der Waals surface area (Å²) in [5.74, 6) is 0.807. The summed E-state index contributed by atoms with van der Waals surface area (Å²) in [7, 11) is 0. The lowest BCUT2D eigenvalue weighted by atomic mass is 9.80. The Morgan fingerprint density at radius 2 is 1.90 bits per heavy atom. The minimum Gasteiger partial charge on any atom is -0.329 e. The van der Waals surface area contributed by atoms with E-state index in [1.54, 1.807) is 0 Å². The number of fused-ring (bicyclic) bond motifs is 1. The number of carbonyl (C=O) groups excluding carboxylic acids is 2. The zero-order valence-corrected chi connectivity index (χ0v) is 13.5. The lowest BCUT2D eigenvalue weighted by Crippen LogP contribution is -2.64. The van der Waals surface area contributed by atoms with Crippen molar-refractivity contribution in [3.63, 3.8) is 0 Å². The minimum atomic E-state index is -0.255. The van der Waals surface area contributed by atoms with Crippen molar-refractivity contribution >= 4 is 11.8 Å². The van der Waals surface area contributed by atoms with Gasteiger partial charge in [-0.05, 0) is 30.6 Å². The third-order valence-electron chi connectivity index (χ3n) is 5.29. The second-order valence-corrected chi connectivity index (χ2v) is 7.22. The number of rotatable bonds is 4. The van der Waals surface area contributed by atoms with E-state index < -0.39 is 0 Å². The Hall–Kier alpha value is -1.06. The van der Waals surface area contributed by atoms with E-state index in [0.717, 1.165) is 19.4 Å². The largest absolute Gasteiger partial charge is 0.329 e. The predicted octanol–water partition coefficient (Wildman–Crippen LogP) is 2.28. The van der Waals surface area contributed by atoms with E-state index >= 15 is 0 Å². The van der Waals surface area contributed by atoms with Crippen molar-refractivity contribution < 1.29 is 9.59 Å². The van der Waals surface area contributed by atoms with Crippen LogP contribution in [0.3, 0.4) is 0 Å². The van der Waals surface area contributed by atoms with Crippen molar-refractivity contribution in [2.45, 2.75) is 66.0 Å². The van der Waals surface area contributed by atoms with Crippen molar-refractivity contribution in [1.82, 2.24) is 9.80 Å². The predicted molar refractivity (Wildman–Crippen MR) is 79.1 cm³/mol. The smallest absolute Gasteiger partial charge is 0.246 e. The van der Waals surface area contributed by atoms with E-state index in [1.807, 2.05) is 16.7 Å². The quantitative estimate of drug-likeness (QED) is 0.792. The monoisotopic (exact) mass is 280 g/mol. The molecule has 2 aliphatic heterocycles. The van der Waals surface area contributed by atoms with Gasteiger partial charge in [-0.25, -0.2) is 0 Å². The first-order chi connectivity index (χ1) is 9.29. The highest BCUT2D eigenvalue weighted by atomic mass is 16.2. The van der Waals surface area contributed by atoms with Crippen LogP contribution in [-0.2, 0) is 9.59 Å². The van der Waals surface area contributed by atoms with Gasteiger partial charge < -0.3 is 9.80 Å². The van der Waals surface area contributed by atoms with Crippen LogP contribution in [0.25, 0.3) is 0 Å². The summed E-state index contributed by atoms with van der Waals surface area (Å²) in [6.07, 6.45) is 2.50. The maximum atomic E-state index is 12.8. The number of hydrogen-bond donors (Lipinski definition) is 0. The molecular formula is C16H28N2O2. The maximum absolute atomic E-state index is 12.8. The van der Waals surface area contributed by atoms with E-state index in [2.05, 4.69) is 27.7 Å². The van der Waals surface area contributed by atoms with Gasteiger partial charge in [-0.1, -0.05) is 34.6 Å². The van der Waals surface area contributed by atoms with E-state index in [0.29, 0.717) is 18.9 Å². The molecule has 2 saturated heterocycles. The van der Waals surface area contributed by atoms with E-state index in [-0.39, 0.29) is 29.3 Å². The lowest BCUT2D eigenvalue weighted by molar-refractivity contribution is -0.161. The summed E-state index contributed by atoms with van der Waals surface area (Å²) >= 11 is 0. The molecule has 2 heterocycles.